The maximum Gasteiger partial charge on any atom is 0.269 e. The van der Waals surface area contributed by atoms with E-state index in [0.717, 1.165) is 5.56 Å². The van der Waals surface area contributed by atoms with Gasteiger partial charge in [-0.15, -0.1) is 11.3 Å². The molecule has 0 saturated heterocycles. The summed E-state index contributed by atoms with van der Waals surface area (Å²) in [6.07, 6.45) is 0. The third-order valence-corrected chi connectivity index (χ3v) is 4.07. The predicted molar refractivity (Wildman–Crippen MR) is 77.7 cm³/mol. The predicted octanol–water partition coefficient (Wildman–Crippen LogP) is 4.22. The van der Waals surface area contributed by atoms with Crippen molar-refractivity contribution in [1.29, 1.82) is 0 Å². The van der Waals surface area contributed by atoms with Gasteiger partial charge >= 0.3 is 0 Å². The molecule has 0 unspecified atom stereocenters. The number of benzene rings is 1. The zero-order valence-electron chi connectivity index (χ0n) is 10.3. The van der Waals surface area contributed by atoms with E-state index in [1.165, 1.54) is 24.5 Å². The molecule has 6 heteroatoms. The second-order valence-corrected chi connectivity index (χ2v) is 5.62. The van der Waals surface area contributed by atoms with Gasteiger partial charge in [-0.1, -0.05) is 0 Å². The molecule has 2 rings (SSSR count). The number of anilines is 1. The number of aryl methyl sites for hydroxylation is 1. The summed E-state index contributed by atoms with van der Waals surface area (Å²) in [6, 6.07) is 4.63. The molecular weight excluding hydrogens is 333 g/mol. The van der Waals surface area contributed by atoms with Gasteiger partial charge < -0.3 is 10.1 Å². The zero-order valence-corrected chi connectivity index (χ0v) is 12.7. The first-order valence-corrected chi connectivity index (χ1v) is 7.08. The van der Waals surface area contributed by atoms with Crippen molar-refractivity contribution in [2.24, 2.45) is 0 Å². The number of halogens is 2. The van der Waals surface area contributed by atoms with E-state index in [2.05, 4.69) is 21.2 Å². The van der Waals surface area contributed by atoms with Crippen LogP contribution in [-0.2, 0) is 0 Å². The van der Waals surface area contributed by atoms with Gasteiger partial charge in [-0.3, -0.25) is 4.79 Å². The first-order chi connectivity index (χ1) is 9.02. The maximum atomic E-state index is 13.5. The summed E-state index contributed by atoms with van der Waals surface area (Å²) < 4.78 is 18.9. The molecule has 0 aliphatic rings. The van der Waals surface area contributed by atoms with Gasteiger partial charge in [0.2, 0.25) is 0 Å². The fraction of sp³-hybridized carbons (Fsp3) is 0.154. The summed E-state index contributed by atoms with van der Waals surface area (Å²) in [5, 5.41) is 4.45. The lowest BCUT2D eigenvalue weighted by Crippen LogP contribution is -2.12. The largest absolute Gasteiger partial charge is 0.495 e. The van der Waals surface area contributed by atoms with Crippen LogP contribution in [0.4, 0.5) is 10.1 Å². The van der Waals surface area contributed by atoms with Gasteiger partial charge in [0.25, 0.3) is 5.91 Å². The molecule has 0 fully saturated rings. The van der Waals surface area contributed by atoms with Crippen LogP contribution in [-0.4, -0.2) is 13.0 Å². The number of rotatable bonds is 3. The number of carbonyl (C=O) groups excluding carboxylic acids is 1. The molecule has 100 valence electrons. The fourth-order valence-corrected chi connectivity index (χ4v) is 2.79. The second kappa shape index (κ2) is 5.71. The average Bonchev–Trinajstić information content (AvgIpc) is 2.84. The minimum absolute atomic E-state index is 0.309. The Bertz CT molecular complexity index is 627. The Kier molecular flexibility index (Phi) is 4.21. The number of methoxy groups -OCH3 is 1. The molecule has 1 amide bonds. The van der Waals surface area contributed by atoms with Crippen molar-refractivity contribution in [3.8, 4) is 5.75 Å². The number of nitrogens with one attached hydrogen (secondary N) is 1. The molecule has 0 radical (unpaired) electrons. The zero-order chi connectivity index (χ0) is 14.0. The summed E-state index contributed by atoms with van der Waals surface area (Å²) in [4.78, 5) is 12.6. The van der Waals surface area contributed by atoms with E-state index < -0.39 is 5.82 Å². The Morgan fingerprint density at radius 1 is 1.47 bits per heavy atom. The third-order valence-electron chi connectivity index (χ3n) is 2.57. The molecule has 0 saturated carbocycles. The second-order valence-electron chi connectivity index (χ2n) is 3.85. The molecule has 0 bridgehead atoms. The molecule has 2 aromatic rings. The highest BCUT2D eigenvalue weighted by Gasteiger charge is 2.15. The maximum absolute atomic E-state index is 13.5. The molecule has 19 heavy (non-hydrogen) atoms. The van der Waals surface area contributed by atoms with Crippen LogP contribution in [0, 0.1) is 12.7 Å². The standard InChI is InChI=1S/C13H11BrFNO2S/c1-7-5-8(14)9(15)6-10(7)16-13(17)12-11(18-2)3-4-19-12/h3-6H,1-2H3,(H,16,17). The molecule has 1 aromatic carbocycles. The lowest BCUT2D eigenvalue weighted by Gasteiger charge is -2.09. The molecule has 0 atom stereocenters. The van der Waals surface area contributed by atoms with Crippen LogP contribution in [0.1, 0.15) is 15.2 Å². The highest BCUT2D eigenvalue weighted by molar-refractivity contribution is 9.10. The number of hydrogen-bond acceptors (Lipinski definition) is 3. The van der Waals surface area contributed by atoms with Crippen LogP contribution >= 0.6 is 27.3 Å². The Morgan fingerprint density at radius 3 is 2.89 bits per heavy atom. The van der Waals surface area contributed by atoms with E-state index in [4.69, 9.17) is 4.74 Å². The number of carbonyl (C=O) groups is 1. The molecule has 0 aliphatic carbocycles. The van der Waals surface area contributed by atoms with Crippen molar-refractivity contribution in [1.82, 2.24) is 0 Å². The van der Waals surface area contributed by atoms with Gasteiger partial charge in [0.05, 0.1) is 11.6 Å². The molecule has 1 N–H and O–H groups in total. The highest BCUT2D eigenvalue weighted by Crippen LogP contribution is 2.28. The Balaban J connectivity index is 2.27. The number of thiophene rings is 1. The molecule has 0 aliphatic heterocycles. The topological polar surface area (TPSA) is 38.3 Å². The van der Waals surface area contributed by atoms with E-state index in [-0.39, 0.29) is 5.91 Å². The van der Waals surface area contributed by atoms with Crippen molar-refractivity contribution in [2.45, 2.75) is 6.92 Å². The molecule has 3 nitrogen and oxygen atoms in total. The van der Waals surface area contributed by atoms with Crippen LogP contribution < -0.4 is 10.1 Å². The van der Waals surface area contributed by atoms with Crippen molar-refractivity contribution < 1.29 is 13.9 Å². The van der Waals surface area contributed by atoms with E-state index in [0.29, 0.717) is 20.8 Å². The van der Waals surface area contributed by atoms with Crippen molar-refractivity contribution in [2.75, 3.05) is 12.4 Å². The molecule has 1 aromatic heterocycles. The average molecular weight is 344 g/mol. The molecule has 1 heterocycles. The first-order valence-electron chi connectivity index (χ1n) is 5.41. The Labute approximate surface area is 122 Å². The van der Waals surface area contributed by atoms with Gasteiger partial charge in [0.1, 0.15) is 16.4 Å². The molecular formula is C13H11BrFNO2S. The fourth-order valence-electron chi connectivity index (χ4n) is 1.58. The number of ether oxygens (including phenoxy) is 1. The lowest BCUT2D eigenvalue weighted by molar-refractivity contribution is 0.102. The van der Waals surface area contributed by atoms with E-state index in [1.807, 2.05) is 0 Å². The summed E-state index contributed by atoms with van der Waals surface area (Å²) in [7, 11) is 1.50. The minimum atomic E-state index is -0.418. The summed E-state index contributed by atoms with van der Waals surface area (Å²) in [6.45, 7) is 1.80. The summed E-state index contributed by atoms with van der Waals surface area (Å²) in [5.41, 5.74) is 1.22. The smallest absolute Gasteiger partial charge is 0.269 e. The van der Waals surface area contributed by atoms with Gasteiger partial charge in [-0.05, 0) is 52.0 Å². The summed E-state index contributed by atoms with van der Waals surface area (Å²) >= 11 is 4.38. The monoisotopic (exact) mass is 343 g/mol. The van der Waals surface area contributed by atoms with E-state index in [1.54, 1.807) is 24.4 Å². The highest BCUT2D eigenvalue weighted by atomic mass is 79.9. The van der Waals surface area contributed by atoms with Crippen LogP contribution in [0.3, 0.4) is 0 Å². The van der Waals surface area contributed by atoms with Crippen molar-refractivity contribution >= 4 is 38.9 Å². The Hall–Kier alpha value is -1.40. The van der Waals surface area contributed by atoms with Gasteiger partial charge in [-0.2, -0.15) is 0 Å². The van der Waals surface area contributed by atoms with Crippen molar-refractivity contribution in [3.05, 3.63) is 44.3 Å². The number of hydrogen-bond donors (Lipinski definition) is 1. The normalized spacial score (nSPS) is 10.3. The van der Waals surface area contributed by atoms with Crippen LogP contribution in [0.15, 0.2) is 28.1 Å². The SMILES string of the molecule is COc1ccsc1C(=O)Nc1cc(F)c(Br)cc1C. The molecule has 0 spiro atoms. The minimum Gasteiger partial charge on any atom is -0.495 e. The lowest BCUT2D eigenvalue weighted by atomic mass is 10.2. The van der Waals surface area contributed by atoms with Crippen LogP contribution in [0.25, 0.3) is 0 Å². The van der Waals surface area contributed by atoms with Crippen LogP contribution in [0.5, 0.6) is 5.75 Å². The third kappa shape index (κ3) is 2.96. The van der Waals surface area contributed by atoms with Gasteiger partial charge in [-0.25, -0.2) is 4.39 Å². The summed E-state index contributed by atoms with van der Waals surface area (Å²) in [5.74, 6) is -0.214. The quantitative estimate of drug-likeness (QED) is 0.905. The first kappa shape index (κ1) is 14.0. The number of amides is 1. The van der Waals surface area contributed by atoms with E-state index >= 15 is 0 Å². The van der Waals surface area contributed by atoms with Gasteiger partial charge in [0, 0.05) is 5.69 Å². The van der Waals surface area contributed by atoms with E-state index in [9.17, 15) is 9.18 Å². The van der Waals surface area contributed by atoms with Gasteiger partial charge in [0.15, 0.2) is 0 Å². The van der Waals surface area contributed by atoms with Crippen LogP contribution in [0.2, 0.25) is 0 Å². The Morgan fingerprint density at radius 2 is 2.21 bits per heavy atom. The van der Waals surface area contributed by atoms with Crippen molar-refractivity contribution in [3.63, 3.8) is 0 Å².